The molecule has 0 bridgehead atoms. The number of aliphatic imine (C=N–C) groups is 1. The molecule has 0 aromatic heterocycles. The van der Waals surface area contributed by atoms with Crippen molar-refractivity contribution in [2.75, 3.05) is 13.7 Å². The first-order chi connectivity index (χ1) is 19.7. The number of hydrogen-bond acceptors (Lipinski definition) is 6. The van der Waals surface area contributed by atoms with Gasteiger partial charge in [-0.05, 0) is 80.3 Å². The highest BCUT2D eigenvalue weighted by molar-refractivity contribution is 6.03. The fourth-order valence-corrected chi connectivity index (χ4v) is 4.47. The average molecular weight is 584 g/mol. The van der Waals surface area contributed by atoms with Gasteiger partial charge in [-0.15, -0.1) is 13.2 Å². The third kappa shape index (κ3) is 7.80. The third-order valence-electron chi connectivity index (χ3n) is 6.42. The number of hydrogen-bond donors (Lipinski definition) is 2. The largest absolute Gasteiger partial charge is 0.573 e. The third-order valence-corrected chi connectivity index (χ3v) is 6.42. The second-order valence-corrected chi connectivity index (χ2v) is 10.7. The Bertz CT molecular complexity index is 1510. The lowest BCUT2D eigenvalue weighted by molar-refractivity contribution is -0.274. The summed E-state index contributed by atoms with van der Waals surface area (Å²) in [6.45, 7) is 7.45. The van der Waals surface area contributed by atoms with Gasteiger partial charge in [0.1, 0.15) is 17.1 Å². The minimum absolute atomic E-state index is 0.119. The number of methoxy groups -OCH3 is 1. The molecule has 0 saturated heterocycles. The van der Waals surface area contributed by atoms with E-state index < -0.39 is 35.8 Å². The molecule has 2 N–H and O–H groups in total. The number of fused-ring (bicyclic) bond motifs is 1. The average Bonchev–Trinajstić information content (AvgIpc) is 3.29. The van der Waals surface area contributed by atoms with E-state index in [9.17, 15) is 22.8 Å². The van der Waals surface area contributed by atoms with Gasteiger partial charge in [-0.2, -0.15) is 0 Å². The van der Waals surface area contributed by atoms with Crippen molar-refractivity contribution in [3.05, 3.63) is 82.9 Å². The predicted octanol–water partition coefficient (Wildman–Crippen LogP) is 6.58. The first-order valence-electron chi connectivity index (χ1n) is 13.2. The first kappa shape index (κ1) is 30.4. The van der Waals surface area contributed by atoms with Gasteiger partial charge in [0.25, 0.3) is 5.91 Å². The van der Waals surface area contributed by atoms with Crippen LogP contribution in [0.5, 0.6) is 11.5 Å². The van der Waals surface area contributed by atoms with Crippen LogP contribution in [0.3, 0.4) is 0 Å². The Morgan fingerprint density at radius 2 is 1.71 bits per heavy atom. The van der Waals surface area contributed by atoms with E-state index in [0.29, 0.717) is 29.0 Å². The number of nitrogens with one attached hydrogen (secondary N) is 2. The van der Waals surface area contributed by atoms with Crippen molar-refractivity contribution in [2.45, 2.75) is 52.2 Å². The molecule has 3 aromatic carbocycles. The lowest BCUT2D eigenvalue weighted by Gasteiger charge is -2.24. The van der Waals surface area contributed by atoms with Crippen LogP contribution in [0.25, 0.3) is 11.1 Å². The molecule has 0 aliphatic carbocycles. The van der Waals surface area contributed by atoms with Gasteiger partial charge >= 0.3 is 12.5 Å². The van der Waals surface area contributed by atoms with E-state index in [0.717, 1.165) is 22.9 Å². The highest BCUT2D eigenvalue weighted by Crippen LogP contribution is 2.33. The highest BCUT2D eigenvalue weighted by Gasteiger charge is 2.33. The van der Waals surface area contributed by atoms with Gasteiger partial charge in [0, 0.05) is 17.8 Å². The first-order valence-corrected chi connectivity index (χ1v) is 13.2. The minimum Gasteiger partial charge on any atom is -0.497 e. The van der Waals surface area contributed by atoms with E-state index in [1.54, 1.807) is 45.0 Å². The number of carbonyl (C=O) groups is 2. The normalized spacial score (nSPS) is 13.5. The predicted molar refractivity (Wildman–Crippen MR) is 152 cm³/mol. The van der Waals surface area contributed by atoms with E-state index in [2.05, 4.69) is 20.4 Å². The Kier molecular flexibility index (Phi) is 8.79. The van der Waals surface area contributed by atoms with Crippen LogP contribution >= 0.6 is 0 Å². The fraction of sp³-hybridized carbons (Fsp3) is 0.323. The standard InChI is InChI=1S/C31H32F3N3O5/c1-18-24-14-19(9-10-22(24)16-35-18)20-11-12-27(41-31(32,33)34)25(15-20)28(38)37-26(17-36-29(39)42-30(2,3)4)21-7-6-8-23(13-21)40-5/h6-15,26H,16-17H2,1-5H3,(H,36,39)(H,37,38). The summed E-state index contributed by atoms with van der Waals surface area (Å²) in [5.41, 5.74) is 3.52. The quantitative estimate of drug-likeness (QED) is 0.312. The van der Waals surface area contributed by atoms with Crippen molar-refractivity contribution in [2.24, 2.45) is 4.99 Å². The van der Waals surface area contributed by atoms with E-state index in [-0.39, 0.29) is 12.1 Å². The Labute approximate surface area is 241 Å². The maximum absolute atomic E-state index is 13.6. The van der Waals surface area contributed by atoms with Gasteiger partial charge in [0.05, 0.1) is 25.3 Å². The van der Waals surface area contributed by atoms with E-state index in [4.69, 9.17) is 9.47 Å². The Morgan fingerprint density at radius 1 is 1.00 bits per heavy atom. The molecule has 3 aromatic rings. The number of alkyl halides is 3. The van der Waals surface area contributed by atoms with Crippen LogP contribution in [-0.4, -0.2) is 43.3 Å². The maximum atomic E-state index is 13.6. The topological polar surface area (TPSA) is 98.2 Å². The van der Waals surface area contributed by atoms with Crippen LogP contribution < -0.4 is 20.1 Å². The molecule has 222 valence electrons. The van der Waals surface area contributed by atoms with Gasteiger partial charge in [-0.25, -0.2) is 4.79 Å². The smallest absolute Gasteiger partial charge is 0.497 e. The van der Waals surface area contributed by atoms with Gasteiger partial charge in [0.2, 0.25) is 0 Å². The SMILES string of the molecule is COc1cccc(C(CNC(=O)OC(C)(C)C)NC(=O)c2cc(-c3ccc4c(c3)C(C)=NC4)ccc2OC(F)(F)F)c1. The number of benzene rings is 3. The zero-order valence-corrected chi connectivity index (χ0v) is 23.9. The van der Waals surface area contributed by atoms with Crippen molar-refractivity contribution < 1.29 is 37.0 Å². The molecule has 1 aliphatic rings. The van der Waals surface area contributed by atoms with Gasteiger partial charge < -0.3 is 24.8 Å². The molecule has 11 heteroatoms. The second kappa shape index (κ2) is 12.1. The van der Waals surface area contributed by atoms with Crippen molar-refractivity contribution in [3.8, 4) is 22.6 Å². The molecule has 0 radical (unpaired) electrons. The molecule has 1 atom stereocenters. The molecular formula is C31H32F3N3O5. The zero-order chi connectivity index (χ0) is 30.7. The number of ether oxygens (including phenoxy) is 3. The van der Waals surface area contributed by atoms with Crippen molar-refractivity contribution in [1.29, 1.82) is 0 Å². The Morgan fingerprint density at radius 3 is 2.40 bits per heavy atom. The minimum atomic E-state index is -5.03. The number of alkyl carbamates (subject to hydrolysis) is 1. The molecule has 1 unspecified atom stereocenters. The maximum Gasteiger partial charge on any atom is 0.573 e. The van der Waals surface area contributed by atoms with Gasteiger partial charge in [-0.1, -0.05) is 30.3 Å². The molecule has 1 heterocycles. The van der Waals surface area contributed by atoms with Crippen LogP contribution in [0, 0.1) is 0 Å². The number of nitrogens with zero attached hydrogens (tertiary/aromatic N) is 1. The van der Waals surface area contributed by atoms with E-state index in [1.165, 1.54) is 19.2 Å². The van der Waals surface area contributed by atoms with E-state index >= 15 is 0 Å². The number of rotatable bonds is 8. The second-order valence-electron chi connectivity index (χ2n) is 10.7. The highest BCUT2D eigenvalue weighted by atomic mass is 19.4. The summed E-state index contributed by atoms with van der Waals surface area (Å²) in [6.07, 6.45) is -5.74. The molecule has 0 saturated carbocycles. The van der Waals surface area contributed by atoms with E-state index in [1.807, 2.05) is 25.1 Å². The summed E-state index contributed by atoms with van der Waals surface area (Å²) in [7, 11) is 1.48. The van der Waals surface area contributed by atoms with Crippen LogP contribution in [0.1, 0.15) is 60.8 Å². The molecule has 42 heavy (non-hydrogen) atoms. The van der Waals surface area contributed by atoms with Gasteiger partial charge in [-0.3, -0.25) is 9.79 Å². The molecule has 0 fully saturated rings. The van der Waals surface area contributed by atoms with Crippen molar-refractivity contribution in [3.63, 3.8) is 0 Å². The Balaban J connectivity index is 1.68. The number of amides is 2. The lowest BCUT2D eigenvalue weighted by atomic mass is 9.96. The lowest BCUT2D eigenvalue weighted by Crippen LogP contribution is -2.40. The summed E-state index contributed by atoms with van der Waals surface area (Å²) >= 11 is 0. The van der Waals surface area contributed by atoms with Crippen LogP contribution in [0.15, 0.2) is 65.7 Å². The molecule has 2 amide bonds. The zero-order valence-electron chi connectivity index (χ0n) is 23.9. The summed E-state index contributed by atoms with van der Waals surface area (Å²) in [6, 6.07) is 15.4. The summed E-state index contributed by atoms with van der Waals surface area (Å²) in [5.74, 6) is -1.01. The molecule has 8 nitrogen and oxygen atoms in total. The monoisotopic (exact) mass is 583 g/mol. The molecular weight excluding hydrogens is 551 g/mol. The number of carbonyl (C=O) groups excluding carboxylic acids is 2. The fourth-order valence-electron chi connectivity index (χ4n) is 4.47. The Hall–Kier alpha value is -4.54. The molecule has 4 rings (SSSR count). The summed E-state index contributed by atoms with van der Waals surface area (Å²) in [5, 5.41) is 5.35. The van der Waals surface area contributed by atoms with Crippen LogP contribution in [0.4, 0.5) is 18.0 Å². The molecule has 0 spiro atoms. The van der Waals surface area contributed by atoms with Crippen LogP contribution in [0.2, 0.25) is 0 Å². The molecule has 1 aliphatic heterocycles. The number of halogens is 3. The van der Waals surface area contributed by atoms with Crippen molar-refractivity contribution in [1.82, 2.24) is 10.6 Å². The van der Waals surface area contributed by atoms with Crippen LogP contribution in [-0.2, 0) is 11.3 Å². The van der Waals surface area contributed by atoms with Crippen molar-refractivity contribution >= 4 is 17.7 Å². The summed E-state index contributed by atoms with van der Waals surface area (Å²) in [4.78, 5) is 30.4. The summed E-state index contributed by atoms with van der Waals surface area (Å²) < 4.78 is 54.7. The van der Waals surface area contributed by atoms with Gasteiger partial charge in [0.15, 0.2) is 0 Å².